The summed E-state index contributed by atoms with van der Waals surface area (Å²) in [4.78, 5) is 16.0. The van der Waals surface area contributed by atoms with Crippen molar-refractivity contribution in [1.82, 2.24) is 9.38 Å². The van der Waals surface area contributed by atoms with E-state index in [0.29, 0.717) is 22.6 Å². The third kappa shape index (κ3) is 1.89. The van der Waals surface area contributed by atoms with Gasteiger partial charge in [-0.05, 0) is 36.8 Å². The number of nitrogens with zero attached hydrogens (tertiary/aromatic N) is 2. The third-order valence-electron chi connectivity index (χ3n) is 3.14. The fourth-order valence-electron chi connectivity index (χ4n) is 2.24. The van der Waals surface area contributed by atoms with E-state index in [0.717, 1.165) is 5.56 Å². The van der Waals surface area contributed by atoms with Gasteiger partial charge in [0, 0.05) is 17.4 Å². The molecule has 2 heterocycles. The lowest BCUT2D eigenvalue weighted by Gasteiger charge is -2.01. The summed E-state index contributed by atoms with van der Waals surface area (Å²) in [5, 5.41) is 9.46. The smallest absolute Gasteiger partial charge is 0.355 e. The van der Waals surface area contributed by atoms with Crippen LogP contribution in [0, 0.1) is 6.92 Å². The Bertz CT molecular complexity index is 821. The average Bonchev–Trinajstić information content (AvgIpc) is 2.77. The number of hydrogen-bond donors (Lipinski definition) is 2. The van der Waals surface area contributed by atoms with Gasteiger partial charge in [0.2, 0.25) is 0 Å². The zero-order valence-electron chi connectivity index (χ0n) is 10.9. The van der Waals surface area contributed by atoms with Crippen molar-refractivity contribution in [2.45, 2.75) is 6.92 Å². The van der Waals surface area contributed by atoms with E-state index in [9.17, 15) is 9.90 Å². The number of nitrogen functional groups attached to an aromatic ring is 1. The summed E-state index contributed by atoms with van der Waals surface area (Å²) in [7, 11) is 0. The van der Waals surface area contributed by atoms with E-state index in [1.807, 2.05) is 19.1 Å². The number of aromatic carboxylic acids is 1. The van der Waals surface area contributed by atoms with Gasteiger partial charge < -0.3 is 10.8 Å². The van der Waals surface area contributed by atoms with Crippen molar-refractivity contribution in [3.8, 4) is 11.3 Å². The number of hydrogen-bond acceptors (Lipinski definition) is 3. The molecule has 1 aromatic carbocycles. The van der Waals surface area contributed by atoms with Crippen LogP contribution >= 0.6 is 0 Å². The number of anilines is 1. The second kappa shape index (κ2) is 4.38. The predicted molar refractivity (Wildman–Crippen MR) is 76.7 cm³/mol. The molecule has 0 amide bonds. The first-order valence-electron chi connectivity index (χ1n) is 6.14. The summed E-state index contributed by atoms with van der Waals surface area (Å²) in [5.74, 6) is -1.02. The molecule has 3 rings (SSSR count). The second-order valence-corrected chi connectivity index (χ2v) is 4.67. The molecule has 0 bridgehead atoms. The van der Waals surface area contributed by atoms with Crippen molar-refractivity contribution in [3.05, 3.63) is 53.9 Å². The predicted octanol–water partition coefficient (Wildman–Crippen LogP) is 2.59. The zero-order valence-corrected chi connectivity index (χ0v) is 10.9. The van der Waals surface area contributed by atoms with Crippen LogP contribution in [-0.4, -0.2) is 20.5 Å². The highest BCUT2D eigenvalue weighted by Crippen LogP contribution is 2.26. The second-order valence-electron chi connectivity index (χ2n) is 4.67. The van der Waals surface area contributed by atoms with Gasteiger partial charge in [-0.2, -0.15) is 0 Å². The van der Waals surface area contributed by atoms with Crippen molar-refractivity contribution in [1.29, 1.82) is 0 Å². The van der Waals surface area contributed by atoms with E-state index in [4.69, 9.17) is 5.73 Å². The van der Waals surface area contributed by atoms with E-state index in [1.165, 1.54) is 0 Å². The molecule has 5 nitrogen and oxygen atoms in total. The highest BCUT2D eigenvalue weighted by atomic mass is 16.4. The minimum absolute atomic E-state index is 0.144. The van der Waals surface area contributed by atoms with Crippen molar-refractivity contribution in [2.24, 2.45) is 0 Å². The number of fused-ring (bicyclic) bond motifs is 1. The number of carboxylic acids is 1. The van der Waals surface area contributed by atoms with Gasteiger partial charge in [0.05, 0.1) is 0 Å². The first-order chi connectivity index (χ1) is 9.56. The molecule has 0 aliphatic rings. The largest absolute Gasteiger partial charge is 0.476 e. The molecular formula is C15H13N3O2. The molecule has 3 aromatic rings. The first kappa shape index (κ1) is 12.2. The lowest BCUT2D eigenvalue weighted by atomic mass is 10.1. The Balaban J connectivity index is 2.35. The Labute approximate surface area is 115 Å². The molecule has 20 heavy (non-hydrogen) atoms. The number of rotatable bonds is 2. The molecule has 0 unspecified atom stereocenters. The van der Waals surface area contributed by atoms with Crippen molar-refractivity contribution < 1.29 is 9.90 Å². The van der Waals surface area contributed by atoms with Crippen molar-refractivity contribution in [3.63, 3.8) is 0 Å². The molecule has 100 valence electrons. The minimum Gasteiger partial charge on any atom is -0.476 e. The minimum atomic E-state index is -1.02. The molecule has 0 radical (unpaired) electrons. The lowest BCUT2D eigenvalue weighted by Crippen LogP contribution is -2.03. The molecule has 0 atom stereocenters. The van der Waals surface area contributed by atoms with E-state index in [-0.39, 0.29) is 5.69 Å². The zero-order chi connectivity index (χ0) is 14.3. The molecular weight excluding hydrogens is 254 g/mol. The van der Waals surface area contributed by atoms with Gasteiger partial charge in [0.25, 0.3) is 0 Å². The van der Waals surface area contributed by atoms with Crippen LogP contribution in [0.1, 0.15) is 16.1 Å². The molecule has 0 aliphatic carbocycles. The normalized spacial score (nSPS) is 10.8. The standard InChI is InChI=1S/C15H13N3O2/c1-9-5-6-18-12(7-9)17-13(14(18)15(19)20)10-3-2-4-11(16)8-10/h2-8H,16H2,1H3,(H,19,20). The average molecular weight is 267 g/mol. The van der Waals surface area contributed by atoms with Crippen molar-refractivity contribution in [2.75, 3.05) is 5.73 Å². The fourth-order valence-corrected chi connectivity index (χ4v) is 2.24. The number of aromatic nitrogens is 2. The van der Waals surface area contributed by atoms with Gasteiger partial charge in [0.1, 0.15) is 11.3 Å². The molecule has 3 N–H and O–H groups in total. The van der Waals surface area contributed by atoms with Gasteiger partial charge in [-0.3, -0.25) is 4.40 Å². The van der Waals surface area contributed by atoms with E-state index >= 15 is 0 Å². The molecule has 0 aliphatic heterocycles. The summed E-state index contributed by atoms with van der Waals surface area (Å²) in [6.07, 6.45) is 1.72. The highest BCUT2D eigenvalue weighted by molar-refractivity contribution is 5.95. The first-order valence-corrected chi connectivity index (χ1v) is 6.14. The number of aryl methyl sites for hydroxylation is 1. The summed E-state index contributed by atoms with van der Waals surface area (Å²) in [6.45, 7) is 1.94. The molecule has 0 saturated heterocycles. The van der Waals surface area contributed by atoms with Crippen LogP contribution in [-0.2, 0) is 0 Å². The van der Waals surface area contributed by atoms with Gasteiger partial charge in [-0.15, -0.1) is 0 Å². The number of carboxylic acid groups (broad SMARTS) is 1. The summed E-state index contributed by atoms with van der Waals surface area (Å²) in [6, 6.07) is 10.8. The number of benzene rings is 1. The topological polar surface area (TPSA) is 80.6 Å². The highest BCUT2D eigenvalue weighted by Gasteiger charge is 2.19. The van der Waals surface area contributed by atoms with Crippen LogP contribution in [0.3, 0.4) is 0 Å². The quantitative estimate of drug-likeness (QED) is 0.699. The van der Waals surface area contributed by atoms with Crippen LogP contribution in [0.15, 0.2) is 42.6 Å². The fraction of sp³-hybridized carbons (Fsp3) is 0.0667. The maximum absolute atomic E-state index is 11.5. The number of nitrogens with two attached hydrogens (primary N) is 1. The molecule has 5 heteroatoms. The molecule has 0 fully saturated rings. The van der Waals surface area contributed by atoms with Gasteiger partial charge in [-0.25, -0.2) is 9.78 Å². The Kier molecular flexibility index (Phi) is 2.68. The number of pyridine rings is 1. The Morgan fingerprint density at radius 3 is 2.80 bits per heavy atom. The summed E-state index contributed by atoms with van der Waals surface area (Å²) >= 11 is 0. The van der Waals surface area contributed by atoms with Crippen LogP contribution in [0.4, 0.5) is 5.69 Å². The summed E-state index contributed by atoms with van der Waals surface area (Å²) < 4.78 is 1.58. The van der Waals surface area contributed by atoms with Gasteiger partial charge in [-0.1, -0.05) is 12.1 Å². The van der Waals surface area contributed by atoms with Crippen LogP contribution in [0.5, 0.6) is 0 Å². The number of imidazole rings is 1. The molecule has 2 aromatic heterocycles. The third-order valence-corrected chi connectivity index (χ3v) is 3.14. The Morgan fingerprint density at radius 2 is 2.10 bits per heavy atom. The van der Waals surface area contributed by atoms with E-state index in [1.54, 1.807) is 34.9 Å². The van der Waals surface area contributed by atoms with Crippen LogP contribution in [0.2, 0.25) is 0 Å². The number of carbonyl (C=O) groups is 1. The Hall–Kier alpha value is -2.82. The van der Waals surface area contributed by atoms with Crippen LogP contribution in [0.25, 0.3) is 16.9 Å². The SMILES string of the molecule is Cc1ccn2c(C(=O)O)c(-c3cccc(N)c3)nc2c1. The van der Waals surface area contributed by atoms with E-state index < -0.39 is 5.97 Å². The lowest BCUT2D eigenvalue weighted by molar-refractivity contribution is 0.0690. The summed E-state index contributed by atoms with van der Waals surface area (Å²) in [5.41, 5.74) is 9.24. The van der Waals surface area contributed by atoms with E-state index in [2.05, 4.69) is 4.98 Å². The molecule has 0 saturated carbocycles. The monoisotopic (exact) mass is 267 g/mol. The molecule has 0 spiro atoms. The van der Waals surface area contributed by atoms with Gasteiger partial charge >= 0.3 is 5.97 Å². The Morgan fingerprint density at radius 1 is 1.30 bits per heavy atom. The maximum Gasteiger partial charge on any atom is 0.355 e. The van der Waals surface area contributed by atoms with Crippen molar-refractivity contribution >= 4 is 17.3 Å². The van der Waals surface area contributed by atoms with Gasteiger partial charge in [0.15, 0.2) is 5.69 Å². The maximum atomic E-state index is 11.5. The van der Waals surface area contributed by atoms with Crippen LogP contribution < -0.4 is 5.73 Å².